The first-order chi connectivity index (χ1) is 16.7. The third-order valence-electron chi connectivity index (χ3n) is 5.96. The van der Waals surface area contributed by atoms with E-state index in [-0.39, 0.29) is 25.0 Å². The van der Waals surface area contributed by atoms with Crippen LogP contribution in [0.25, 0.3) is 0 Å². The summed E-state index contributed by atoms with van der Waals surface area (Å²) >= 11 is 0. The van der Waals surface area contributed by atoms with Crippen molar-refractivity contribution in [2.45, 2.75) is 46.7 Å². The Balaban J connectivity index is 1.98. The van der Waals surface area contributed by atoms with E-state index in [2.05, 4.69) is 5.32 Å². The van der Waals surface area contributed by atoms with Crippen LogP contribution in [-0.2, 0) is 26.2 Å². The third-order valence-corrected chi connectivity index (χ3v) is 7.70. The summed E-state index contributed by atoms with van der Waals surface area (Å²) in [5, 5.41) is 2.79. The molecule has 0 unspecified atom stereocenters. The number of rotatable bonds is 11. The Bertz CT molecular complexity index is 1170. The van der Waals surface area contributed by atoms with E-state index in [1.54, 1.807) is 18.2 Å². The molecule has 1 N–H and O–H groups in total. The van der Waals surface area contributed by atoms with Crippen LogP contribution >= 0.6 is 0 Å². The summed E-state index contributed by atoms with van der Waals surface area (Å²) in [7, 11) is -3.81. The highest BCUT2D eigenvalue weighted by atomic mass is 32.2. The van der Waals surface area contributed by atoms with Crippen molar-refractivity contribution >= 4 is 27.5 Å². The zero-order chi connectivity index (χ0) is 25.6. The number of likely N-dealkylation sites (N-methyl/N-ethyl adjacent to an activating group) is 1. The van der Waals surface area contributed by atoms with E-state index < -0.39 is 28.5 Å². The molecule has 0 bridgehead atoms. The van der Waals surface area contributed by atoms with Crippen LogP contribution < -0.4 is 19.1 Å². The molecule has 2 aromatic rings. The first-order valence-electron chi connectivity index (χ1n) is 11.7. The Labute approximate surface area is 207 Å². The van der Waals surface area contributed by atoms with Crippen LogP contribution in [0.4, 0.5) is 5.69 Å². The molecule has 2 aromatic carbocycles. The minimum Gasteiger partial charge on any atom is -0.454 e. The fourth-order valence-corrected chi connectivity index (χ4v) is 5.00. The molecule has 9 nitrogen and oxygen atoms in total. The maximum absolute atomic E-state index is 13.7. The summed E-state index contributed by atoms with van der Waals surface area (Å²) in [5.74, 6) is -0.0137. The predicted octanol–water partition coefficient (Wildman–Crippen LogP) is 2.82. The zero-order valence-corrected chi connectivity index (χ0v) is 21.4. The quantitative estimate of drug-likeness (QED) is 0.506. The van der Waals surface area contributed by atoms with E-state index in [4.69, 9.17) is 9.47 Å². The molecular formula is C25H33N3O6S. The van der Waals surface area contributed by atoms with Crippen molar-refractivity contribution in [3.8, 4) is 11.5 Å². The van der Waals surface area contributed by atoms with Gasteiger partial charge in [-0.1, -0.05) is 31.2 Å². The molecule has 1 aliphatic rings. The molecular weight excluding hydrogens is 470 g/mol. The van der Waals surface area contributed by atoms with Crippen molar-refractivity contribution in [2.24, 2.45) is 0 Å². The Morgan fingerprint density at radius 1 is 1.06 bits per heavy atom. The molecule has 0 saturated heterocycles. The molecule has 0 aromatic heterocycles. The molecule has 3 rings (SSSR count). The Hall–Kier alpha value is -3.27. The molecule has 2 amide bonds. The van der Waals surface area contributed by atoms with Gasteiger partial charge in [0.25, 0.3) is 0 Å². The van der Waals surface area contributed by atoms with Gasteiger partial charge in [-0.2, -0.15) is 0 Å². The third kappa shape index (κ3) is 6.05. The monoisotopic (exact) mass is 503 g/mol. The van der Waals surface area contributed by atoms with Gasteiger partial charge < -0.3 is 19.7 Å². The SMILES string of the molecule is CCNC(=O)[C@H](CC)N(Cc1ccccc1C)C(=O)CN(c1ccc2c(c1)OCO2)S(=O)(=O)CC. The van der Waals surface area contributed by atoms with Crippen LogP contribution in [0.3, 0.4) is 0 Å². The number of nitrogens with zero attached hydrogens (tertiary/aromatic N) is 2. The van der Waals surface area contributed by atoms with Gasteiger partial charge in [-0.3, -0.25) is 13.9 Å². The van der Waals surface area contributed by atoms with Crippen LogP contribution in [0.15, 0.2) is 42.5 Å². The minimum atomic E-state index is -3.81. The number of benzene rings is 2. The highest BCUT2D eigenvalue weighted by molar-refractivity contribution is 7.92. The number of aryl methyl sites for hydroxylation is 1. The Morgan fingerprint density at radius 2 is 1.77 bits per heavy atom. The summed E-state index contributed by atoms with van der Waals surface area (Å²) in [6.07, 6.45) is 0.383. The number of ether oxygens (including phenoxy) is 2. The van der Waals surface area contributed by atoms with Crippen LogP contribution in [0, 0.1) is 6.92 Å². The fraction of sp³-hybridized carbons (Fsp3) is 0.440. The molecule has 0 spiro atoms. The highest BCUT2D eigenvalue weighted by Crippen LogP contribution is 2.36. The van der Waals surface area contributed by atoms with Gasteiger partial charge in [-0.15, -0.1) is 0 Å². The molecule has 190 valence electrons. The Kier molecular flexibility index (Phi) is 8.61. The lowest BCUT2D eigenvalue weighted by molar-refractivity contribution is -0.140. The molecule has 35 heavy (non-hydrogen) atoms. The first-order valence-corrected chi connectivity index (χ1v) is 13.3. The number of sulfonamides is 1. The van der Waals surface area contributed by atoms with Gasteiger partial charge in [0.1, 0.15) is 12.6 Å². The number of carbonyl (C=O) groups excluding carboxylic acids is 2. The van der Waals surface area contributed by atoms with Crippen molar-refractivity contribution in [1.29, 1.82) is 0 Å². The number of anilines is 1. The smallest absolute Gasteiger partial charge is 0.244 e. The van der Waals surface area contributed by atoms with Crippen molar-refractivity contribution in [2.75, 3.05) is 29.9 Å². The second-order valence-electron chi connectivity index (χ2n) is 8.21. The molecule has 0 fully saturated rings. The highest BCUT2D eigenvalue weighted by Gasteiger charge is 2.33. The fourth-order valence-electron chi connectivity index (χ4n) is 3.94. The summed E-state index contributed by atoms with van der Waals surface area (Å²) in [6, 6.07) is 11.6. The van der Waals surface area contributed by atoms with E-state index >= 15 is 0 Å². The number of fused-ring (bicyclic) bond motifs is 1. The van der Waals surface area contributed by atoms with E-state index in [1.807, 2.05) is 45.0 Å². The van der Waals surface area contributed by atoms with Crippen molar-refractivity contribution in [3.05, 3.63) is 53.6 Å². The van der Waals surface area contributed by atoms with Crippen molar-refractivity contribution < 1.29 is 27.5 Å². The molecule has 0 saturated carbocycles. The number of nitrogens with one attached hydrogen (secondary N) is 1. The Morgan fingerprint density at radius 3 is 2.43 bits per heavy atom. The number of carbonyl (C=O) groups is 2. The van der Waals surface area contributed by atoms with Gasteiger partial charge >= 0.3 is 0 Å². The van der Waals surface area contributed by atoms with E-state index in [9.17, 15) is 18.0 Å². The van der Waals surface area contributed by atoms with Crippen LogP contribution in [0.2, 0.25) is 0 Å². The van der Waals surface area contributed by atoms with Crippen LogP contribution in [-0.4, -0.2) is 56.8 Å². The predicted molar refractivity (Wildman–Crippen MR) is 134 cm³/mol. The first kappa shape index (κ1) is 26.3. The van der Waals surface area contributed by atoms with Crippen molar-refractivity contribution in [3.63, 3.8) is 0 Å². The van der Waals surface area contributed by atoms with Gasteiger partial charge in [-0.25, -0.2) is 8.42 Å². The molecule has 1 aliphatic heterocycles. The van der Waals surface area contributed by atoms with E-state index in [0.717, 1.165) is 15.4 Å². The second-order valence-corrected chi connectivity index (χ2v) is 10.4. The van der Waals surface area contributed by atoms with Gasteiger partial charge in [0.2, 0.25) is 28.6 Å². The van der Waals surface area contributed by atoms with Gasteiger partial charge in [0.15, 0.2) is 11.5 Å². The van der Waals surface area contributed by atoms with Gasteiger partial charge in [-0.05, 0) is 50.5 Å². The molecule has 0 radical (unpaired) electrons. The van der Waals surface area contributed by atoms with Crippen LogP contribution in [0.1, 0.15) is 38.3 Å². The molecule has 1 heterocycles. The maximum atomic E-state index is 13.7. The summed E-state index contributed by atoms with van der Waals surface area (Å²) < 4.78 is 37.9. The number of amides is 2. The standard InChI is InChI=1S/C25H33N3O6S/c1-5-21(25(30)26-6-2)27(15-19-11-9-8-10-18(19)4)24(29)16-28(35(31,32)7-3)20-12-13-22-23(14-20)34-17-33-22/h8-14,21H,5-7,15-17H2,1-4H3,(H,26,30)/t21-/m0/s1. The average molecular weight is 504 g/mol. The second kappa shape index (κ2) is 11.4. The minimum absolute atomic E-state index is 0.0488. The van der Waals surface area contributed by atoms with E-state index in [0.29, 0.717) is 30.2 Å². The lowest BCUT2D eigenvalue weighted by Crippen LogP contribution is -2.52. The largest absolute Gasteiger partial charge is 0.454 e. The topological polar surface area (TPSA) is 105 Å². The zero-order valence-electron chi connectivity index (χ0n) is 20.6. The van der Waals surface area contributed by atoms with Gasteiger partial charge in [0.05, 0.1) is 11.4 Å². The van der Waals surface area contributed by atoms with Crippen molar-refractivity contribution in [1.82, 2.24) is 10.2 Å². The lowest BCUT2D eigenvalue weighted by atomic mass is 10.1. The molecule has 1 atom stereocenters. The van der Waals surface area contributed by atoms with E-state index in [1.165, 1.54) is 11.8 Å². The molecule has 10 heteroatoms. The number of hydrogen-bond donors (Lipinski definition) is 1. The average Bonchev–Trinajstić information content (AvgIpc) is 3.31. The lowest BCUT2D eigenvalue weighted by Gasteiger charge is -2.33. The summed E-state index contributed by atoms with van der Waals surface area (Å²) in [4.78, 5) is 28.1. The van der Waals surface area contributed by atoms with Crippen LogP contribution in [0.5, 0.6) is 11.5 Å². The normalized spacial score (nSPS) is 13.3. The van der Waals surface area contributed by atoms with Gasteiger partial charge in [0, 0.05) is 19.2 Å². The number of hydrogen-bond acceptors (Lipinski definition) is 6. The molecule has 0 aliphatic carbocycles. The summed E-state index contributed by atoms with van der Waals surface area (Å²) in [5.41, 5.74) is 2.16. The summed E-state index contributed by atoms with van der Waals surface area (Å²) in [6.45, 7) is 7.31. The maximum Gasteiger partial charge on any atom is 0.244 e.